The van der Waals surface area contributed by atoms with Gasteiger partial charge >= 0.3 is 0 Å². The molecule has 8 heteroatoms. The van der Waals surface area contributed by atoms with Crippen LogP contribution in [0.2, 0.25) is 10.0 Å². The van der Waals surface area contributed by atoms with Crippen LogP contribution in [0.1, 0.15) is 0 Å². The predicted molar refractivity (Wildman–Crippen MR) is 105 cm³/mol. The van der Waals surface area contributed by atoms with Crippen LogP contribution in [0, 0.1) is 3.57 Å². The third-order valence-electron chi connectivity index (χ3n) is 3.30. The predicted octanol–water partition coefficient (Wildman–Crippen LogP) is 5.03. The number of amides is 2. The lowest BCUT2D eigenvalue weighted by Gasteiger charge is -2.15. The molecule has 2 amide bonds. The van der Waals surface area contributed by atoms with E-state index in [0.717, 1.165) is 8.47 Å². The molecule has 0 saturated carbocycles. The molecule has 0 fully saturated rings. The second kappa shape index (κ2) is 6.92. The van der Waals surface area contributed by atoms with Crippen LogP contribution < -0.4 is 10.2 Å². The van der Waals surface area contributed by atoms with E-state index in [1.807, 2.05) is 12.1 Å². The van der Waals surface area contributed by atoms with Crippen molar-refractivity contribution >= 4 is 80.6 Å². The second-order valence-corrected chi connectivity index (χ2v) is 7.30. The average Bonchev–Trinajstić information content (AvgIpc) is 2.76. The number of imide groups is 1. The summed E-state index contributed by atoms with van der Waals surface area (Å²) in [5, 5.41) is 3.29. The second-order valence-electron chi connectivity index (χ2n) is 4.87. The van der Waals surface area contributed by atoms with Gasteiger partial charge < -0.3 is 5.32 Å². The highest BCUT2D eigenvalue weighted by molar-refractivity contribution is 14.1. The first-order chi connectivity index (χ1) is 11.4. The summed E-state index contributed by atoms with van der Waals surface area (Å²) in [5.41, 5.74) is 0.978. The topological polar surface area (TPSA) is 49.4 Å². The molecule has 0 unspecified atom stereocenters. The molecule has 1 N–H and O–H groups in total. The molecule has 0 spiro atoms. The smallest absolute Gasteiger partial charge is 0.283 e. The summed E-state index contributed by atoms with van der Waals surface area (Å²) in [4.78, 5) is 25.9. The van der Waals surface area contributed by atoms with Crippen molar-refractivity contribution in [1.29, 1.82) is 0 Å². The minimum absolute atomic E-state index is 0.0222. The van der Waals surface area contributed by atoms with Gasteiger partial charge in [0.25, 0.3) is 11.8 Å². The minimum Gasteiger partial charge on any atom is -0.350 e. The van der Waals surface area contributed by atoms with E-state index in [9.17, 15) is 9.59 Å². The third kappa shape index (κ3) is 3.26. The fourth-order valence-corrected chi connectivity index (χ4v) is 3.01. The van der Waals surface area contributed by atoms with E-state index in [2.05, 4.69) is 27.9 Å². The Balaban J connectivity index is 1.92. The highest BCUT2D eigenvalue weighted by atomic mass is 127. The van der Waals surface area contributed by atoms with Gasteiger partial charge in [-0.1, -0.05) is 34.8 Å². The number of nitrogens with zero attached hydrogens (tertiary/aromatic N) is 1. The van der Waals surface area contributed by atoms with Crippen molar-refractivity contribution in [2.24, 2.45) is 0 Å². The van der Waals surface area contributed by atoms with E-state index in [4.69, 9.17) is 34.8 Å². The van der Waals surface area contributed by atoms with Crippen molar-refractivity contribution in [3.8, 4) is 0 Å². The van der Waals surface area contributed by atoms with Gasteiger partial charge in [-0.25, -0.2) is 4.90 Å². The van der Waals surface area contributed by atoms with Gasteiger partial charge in [0.15, 0.2) is 0 Å². The number of anilines is 2. The first-order valence-electron chi connectivity index (χ1n) is 6.64. The fraction of sp³-hybridized carbons (Fsp3) is 0. The van der Waals surface area contributed by atoms with Gasteiger partial charge in [0, 0.05) is 9.26 Å². The maximum Gasteiger partial charge on any atom is 0.283 e. The Morgan fingerprint density at radius 3 is 2.17 bits per heavy atom. The van der Waals surface area contributed by atoms with Crippen LogP contribution in [0.25, 0.3) is 0 Å². The van der Waals surface area contributed by atoms with Crippen LogP contribution >= 0.6 is 57.4 Å². The molecule has 122 valence electrons. The van der Waals surface area contributed by atoms with Crippen LogP contribution in [-0.2, 0) is 9.59 Å². The Morgan fingerprint density at radius 2 is 1.54 bits per heavy atom. The van der Waals surface area contributed by atoms with Crippen molar-refractivity contribution < 1.29 is 9.59 Å². The summed E-state index contributed by atoms with van der Waals surface area (Å²) in [5.74, 6) is -1.17. The van der Waals surface area contributed by atoms with Crippen molar-refractivity contribution in [3.05, 3.63) is 66.8 Å². The monoisotopic (exact) mass is 492 g/mol. The molecule has 1 aliphatic heterocycles. The van der Waals surface area contributed by atoms with Crippen molar-refractivity contribution in [2.75, 3.05) is 10.2 Å². The first kappa shape index (κ1) is 17.5. The van der Waals surface area contributed by atoms with E-state index in [-0.39, 0.29) is 15.8 Å². The lowest BCUT2D eigenvalue weighted by atomic mass is 10.3. The van der Waals surface area contributed by atoms with Gasteiger partial charge in [0.2, 0.25) is 0 Å². The van der Waals surface area contributed by atoms with Gasteiger partial charge in [-0.15, -0.1) is 0 Å². The molecule has 2 aromatic carbocycles. The third-order valence-corrected chi connectivity index (χ3v) is 5.11. The van der Waals surface area contributed by atoms with Gasteiger partial charge in [-0.2, -0.15) is 0 Å². The normalized spacial score (nSPS) is 14.6. The molecule has 0 bridgehead atoms. The molecule has 0 radical (unpaired) electrons. The zero-order valence-electron chi connectivity index (χ0n) is 11.8. The van der Waals surface area contributed by atoms with Crippen LogP contribution in [0.4, 0.5) is 11.4 Å². The number of hydrogen-bond acceptors (Lipinski definition) is 3. The van der Waals surface area contributed by atoms with Gasteiger partial charge in [0.1, 0.15) is 10.7 Å². The number of carbonyl (C=O) groups is 2. The summed E-state index contributed by atoms with van der Waals surface area (Å²) in [6, 6.07) is 11.8. The lowest BCUT2D eigenvalue weighted by molar-refractivity contribution is -0.120. The molecule has 2 aromatic rings. The maximum atomic E-state index is 12.6. The highest BCUT2D eigenvalue weighted by Gasteiger charge is 2.39. The quantitative estimate of drug-likeness (QED) is 0.482. The number of halogens is 4. The highest BCUT2D eigenvalue weighted by Crippen LogP contribution is 2.33. The fourth-order valence-electron chi connectivity index (χ4n) is 2.15. The van der Waals surface area contributed by atoms with Crippen LogP contribution in [-0.4, -0.2) is 11.8 Å². The van der Waals surface area contributed by atoms with E-state index < -0.39 is 11.8 Å². The van der Waals surface area contributed by atoms with Crippen molar-refractivity contribution in [2.45, 2.75) is 0 Å². The Hall–Kier alpha value is -1.28. The SMILES string of the molecule is O=C1C(Cl)=C(Nc2ccc(I)cc2)C(=O)N1c1ccc(Cl)c(Cl)c1. The number of nitrogens with one attached hydrogen (secondary N) is 1. The molecule has 0 atom stereocenters. The van der Waals surface area contributed by atoms with Gasteiger partial charge in [-0.05, 0) is 65.1 Å². The molecule has 3 rings (SSSR count). The zero-order chi connectivity index (χ0) is 17.4. The van der Waals surface area contributed by atoms with E-state index in [1.165, 1.54) is 18.2 Å². The van der Waals surface area contributed by atoms with E-state index >= 15 is 0 Å². The molecule has 1 heterocycles. The first-order valence-corrected chi connectivity index (χ1v) is 8.86. The number of carbonyl (C=O) groups excluding carboxylic acids is 2. The largest absolute Gasteiger partial charge is 0.350 e. The maximum absolute atomic E-state index is 12.6. The zero-order valence-corrected chi connectivity index (χ0v) is 16.2. The standard InChI is InChI=1S/C16H8Cl3IN2O2/c17-11-6-5-10(7-12(11)18)22-15(23)13(19)14(16(22)24)21-9-3-1-8(20)2-4-9/h1-7,21H. The summed E-state index contributed by atoms with van der Waals surface area (Å²) in [6.07, 6.45) is 0. The molecule has 4 nitrogen and oxygen atoms in total. The molecule has 0 aliphatic carbocycles. The molecule has 0 aromatic heterocycles. The number of rotatable bonds is 3. The minimum atomic E-state index is -0.618. The van der Waals surface area contributed by atoms with E-state index in [0.29, 0.717) is 16.4 Å². The molecular formula is C16H8Cl3IN2O2. The number of benzene rings is 2. The lowest BCUT2D eigenvalue weighted by Crippen LogP contribution is -2.32. The Bertz CT molecular complexity index is 881. The van der Waals surface area contributed by atoms with Crippen LogP contribution in [0.15, 0.2) is 53.2 Å². The molecule has 24 heavy (non-hydrogen) atoms. The Morgan fingerprint density at radius 1 is 0.875 bits per heavy atom. The summed E-state index contributed by atoms with van der Waals surface area (Å²) < 4.78 is 1.05. The van der Waals surface area contributed by atoms with Crippen LogP contribution in [0.3, 0.4) is 0 Å². The summed E-state index contributed by atoms with van der Waals surface area (Å²) in [6.45, 7) is 0. The van der Waals surface area contributed by atoms with Crippen LogP contribution in [0.5, 0.6) is 0 Å². The Labute approximate surface area is 166 Å². The van der Waals surface area contributed by atoms with Crippen molar-refractivity contribution in [3.63, 3.8) is 0 Å². The van der Waals surface area contributed by atoms with Gasteiger partial charge in [0.05, 0.1) is 15.7 Å². The average molecular weight is 494 g/mol. The van der Waals surface area contributed by atoms with Crippen molar-refractivity contribution in [1.82, 2.24) is 0 Å². The van der Waals surface area contributed by atoms with Gasteiger partial charge in [-0.3, -0.25) is 9.59 Å². The Kier molecular flexibility index (Phi) is 5.05. The molecular weight excluding hydrogens is 485 g/mol. The summed E-state index contributed by atoms with van der Waals surface area (Å²) >= 11 is 20.1. The molecule has 1 aliphatic rings. The number of hydrogen-bond donors (Lipinski definition) is 1. The van der Waals surface area contributed by atoms with E-state index in [1.54, 1.807) is 12.1 Å². The summed E-state index contributed by atoms with van der Waals surface area (Å²) in [7, 11) is 0. The molecule has 0 saturated heterocycles.